The Morgan fingerprint density at radius 2 is 1.87 bits per heavy atom. The first-order valence-electron chi connectivity index (χ1n) is 14.2. The number of pyridine rings is 1. The maximum Gasteiger partial charge on any atom is 0.410 e. The van der Waals surface area contributed by atoms with E-state index in [-0.39, 0.29) is 38.4 Å². The molecule has 4 rings (SSSR count). The van der Waals surface area contributed by atoms with E-state index in [1.54, 1.807) is 50.3 Å². The standard InChI is InChI=1S/C32H36FN5O6S/c1-32(2,43)21-11-12-23(25(33)15-21)26-16-24(29(34)41)30(45-26)37-27-10-6-9-22(36-27)17-38(18-28(40)35-13-14-39)31(42)44-19-20-7-4-3-5-8-20/h3-12,15-16,24,30,39,43H,13-14,17-19H2,1-2H3,(H2,34,41)(H,35,40)(H,36,37). The molecule has 0 aliphatic carbocycles. The summed E-state index contributed by atoms with van der Waals surface area (Å²) in [6.07, 6.45) is 0.872. The highest BCUT2D eigenvalue weighted by molar-refractivity contribution is 8.09. The number of nitrogens with two attached hydrogens (primary N) is 1. The summed E-state index contributed by atoms with van der Waals surface area (Å²) < 4.78 is 20.5. The van der Waals surface area contributed by atoms with Gasteiger partial charge in [0.25, 0.3) is 0 Å². The van der Waals surface area contributed by atoms with Crippen molar-refractivity contribution in [1.82, 2.24) is 15.2 Å². The average Bonchev–Trinajstić information content (AvgIpc) is 3.42. The SMILES string of the molecule is CC(C)(O)c1ccc(C2=CC(C(N)=O)C(Nc3cccc(CN(CC(=O)NCCO)C(=O)OCc4ccccc4)n3)S2)c(F)c1. The number of carbonyl (C=O) groups is 3. The number of aliphatic hydroxyl groups is 2. The van der Waals surface area contributed by atoms with Gasteiger partial charge in [-0.05, 0) is 43.2 Å². The number of aliphatic hydroxyl groups excluding tert-OH is 1. The van der Waals surface area contributed by atoms with Crippen molar-refractivity contribution in [2.24, 2.45) is 11.7 Å². The molecule has 0 saturated heterocycles. The number of nitrogens with zero attached hydrogens (tertiary/aromatic N) is 2. The van der Waals surface area contributed by atoms with Crippen molar-refractivity contribution in [2.45, 2.75) is 38.0 Å². The molecule has 6 N–H and O–H groups in total. The van der Waals surface area contributed by atoms with Crippen molar-refractivity contribution in [3.05, 3.63) is 101 Å². The molecule has 2 atom stereocenters. The third-order valence-corrected chi connectivity index (χ3v) is 8.14. The van der Waals surface area contributed by atoms with Crippen LogP contribution < -0.4 is 16.4 Å². The Labute approximate surface area is 264 Å². The molecule has 11 nitrogen and oxygen atoms in total. The summed E-state index contributed by atoms with van der Waals surface area (Å²) in [7, 11) is 0. The number of rotatable bonds is 13. The number of halogens is 1. The highest BCUT2D eigenvalue weighted by Gasteiger charge is 2.34. The molecule has 2 aromatic carbocycles. The van der Waals surface area contributed by atoms with Crippen molar-refractivity contribution in [3.8, 4) is 0 Å². The zero-order valence-corrected chi connectivity index (χ0v) is 25.7. The minimum Gasteiger partial charge on any atom is -0.445 e. The molecule has 13 heteroatoms. The van der Waals surface area contributed by atoms with E-state index in [4.69, 9.17) is 15.6 Å². The number of aromatic nitrogens is 1. The largest absolute Gasteiger partial charge is 0.445 e. The number of hydrogen-bond acceptors (Lipinski definition) is 9. The number of carbonyl (C=O) groups excluding carboxylic acids is 3. The Bertz CT molecular complexity index is 1550. The van der Waals surface area contributed by atoms with E-state index in [0.717, 1.165) is 5.56 Å². The van der Waals surface area contributed by atoms with Gasteiger partial charge in [-0.15, -0.1) is 0 Å². The van der Waals surface area contributed by atoms with Gasteiger partial charge in [-0.2, -0.15) is 0 Å². The van der Waals surface area contributed by atoms with Crippen LogP contribution in [0.4, 0.5) is 15.0 Å². The summed E-state index contributed by atoms with van der Waals surface area (Å²) in [5, 5.41) is 24.4. The molecule has 0 fully saturated rings. The molecule has 0 radical (unpaired) electrons. The highest BCUT2D eigenvalue weighted by Crippen LogP contribution is 2.43. The van der Waals surface area contributed by atoms with E-state index in [2.05, 4.69) is 15.6 Å². The Kier molecular flexibility index (Phi) is 11.2. The lowest BCUT2D eigenvalue weighted by molar-refractivity contribution is -0.122. The molecule has 1 aliphatic rings. The lowest BCUT2D eigenvalue weighted by Crippen LogP contribution is -2.41. The van der Waals surface area contributed by atoms with Gasteiger partial charge in [-0.3, -0.25) is 14.5 Å². The van der Waals surface area contributed by atoms with Crippen LogP contribution in [0, 0.1) is 11.7 Å². The monoisotopic (exact) mass is 637 g/mol. The first-order valence-corrected chi connectivity index (χ1v) is 15.1. The van der Waals surface area contributed by atoms with Crippen molar-refractivity contribution in [2.75, 3.05) is 25.0 Å². The molecule has 3 aromatic rings. The molecule has 0 saturated carbocycles. The van der Waals surface area contributed by atoms with E-state index in [9.17, 15) is 19.5 Å². The molecule has 0 spiro atoms. The van der Waals surface area contributed by atoms with E-state index in [0.29, 0.717) is 22.0 Å². The molecular weight excluding hydrogens is 601 g/mol. The summed E-state index contributed by atoms with van der Waals surface area (Å²) in [5.74, 6) is -2.06. The van der Waals surface area contributed by atoms with E-state index < -0.39 is 40.6 Å². The van der Waals surface area contributed by atoms with Crippen LogP contribution >= 0.6 is 11.8 Å². The molecular formula is C32H36FN5O6S. The van der Waals surface area contributed by atoms with Crippen LogP contribution in [0.5, 0.6) is 0 Å². The Hall–Kier alpha value is -4.46. The Balaban J connectivity index is 1.48. The summed E-state index contributed by atoms with van der Waals surface area (Å²) in [5.41, 5.74) is 6.36. The van der Waals surface area contributed by atoms with Crippen molar-refractivity contribution >= 4 is 40.4 Å². The number of hydrogen-bond donors (Lipinski definition) is 5. The second kappa shape index (κ2) is 15.0. The van der Waals surface area contributed by atoms with Gasteiger partial charge >= 0.3 is 6.09 Å². The van der Waals surface area contributed by atoms with Gasteiger partial charge in [0.05, 0.1) is 35.7 Å². The zero-order valence-electron chi connectivity index (χ0n) is 24.9. The molecule has 3 amide bonds. The normalized spacial score (nSPS) is 16.1. The van der Waals surface area contributed by atoms with Gasteiger partial charge in [-0.25, -0.2) is 14.2 Å². The topological polar surface area (TPSA) is 167 Å². The van der Waals surface area contributed by atoms with Gasteiger partial charge in [0.1, 0.15) is 24.8 Å². The van der Waals surface area contributed by atoms with Crippen LogP contribution in [0.2, 0.25) is 0 Å². The fraction of sp³-hybridized carbons (Fsp3) is 0.312. The molecule has 1 aromatic heterocycles. The van der Waals surface area contributed by atoms with Gasteiger partial charge < -0.3 is 31.3 Å². The number of anilines is 1. The maximum absolute atomic E-state index is 15.1. The first-order chi connectivity index (χ1) is 21.4. The number of thioether (sulfide) groups is 1. The first kappa shape index (κ1) is 33.4. The van der Waals surface area contributed by atoms with Gasteiger partial charge in [0.15, 0.2) is 0 Å². The van der Waals surface area contributed by atoms with Crippen LogP contribution in [-0.4, -0.2) is 63.1 Å². The van der Waals surface area contributed by atoms with Crippen LogP contribution in [0.15, 0.2) is 72.8 Å². The third kappa shape index (κ3) is 9.27. The van der Waals surface area contributed by atoms with Crippen LogP contribution in [0.1, 0.15) is 36.2 Å². The van der Waals surface area contributed by atoms with Crippen molar-refractivity contribution in [1.29, 1.82) is 0 Å². The fourth-order valence-electron chi connectivity index (χ4n) is 4.51. The van der Waals surface area contributed by atoms with Gasteiger partial charge in [-0.1, -0.05) is 66.4 Å². The summed E-state index contributed by atoms with van der Waals surface area (Å²) in [4.78, 5) is 44.0. The molecule has 2 heterocycles. The Morgan fingerprint density at radius 3 is 2.53 bits per heavy atom. The number of amides is 3. The van der Waals surface area contributed by atoms with Gasteiger partial charge in [0, 0.05) is 17.0 Å². The van der Waals surface area contributed by atoms with Gasteiger partial charge in [0.2, 0.25) is 11.8 Å². The lowest BCUT2D eigenvalue weighted by Gasteiger charge is -2.22. The zero-order chi connectivity index (χ0) is 32.6. The van der Waals surface area contributed by atoms with E-state index in [1.807, 2.05) is 30.3 Å². The maximum atomic E-state index is 15.1. The quantitative estimate of drug-likeness (QED) is 0.189. The number of benzene rings is 2. The molecule has 2 unspecified atom stereocenters. The second-order valence-corrected chi connectivity index (χ2v) is 12.1. The summed E-state index contributed by atoms with van der Waals surface area (Å²) >= 11 is 1.22. The summed E-state index contributed by atoms with van der Waals surface area (Å²) in [6, 6.07) is 18.6. The minimum atomic E-state index is -1.22. The molecule has 238 valence electrons. The molecule has 0 bridgehead atoms. The predicted molar refractivity (Wildman–Crippen MR) is 169 cm³/mol. The number of nitrogens with one attached hydrogen (secondary N) is 2. The van der Waals surface area contributed by atoms with E-state index >= 15 is 4.39 Å². The number of primary amides is 1. The van der Waals surface area contributed by atoms with Crippen LogP contribution in [-0.2, 0) is 33.1 Å². The molecule has 1 aliphatic heterocycles. The predicted octanol–water partition coefficient (Wildman–Crippen LogP) is 3.32. The van der Waals surface area contributed by atoms with Crippen molar-refractivity contribution < 1.29 is 33.7 Å². The lowest BCUT2D eigenvalue weighted by atomic mass is 9.96. The third-order valence-electron chi connectivity index (χ3n) is 6.86. The second-order valence-electron chi connectivity index (χ2n) is 10.9. The Morgan fingerprint density at radius 1 is 1.11 bits per heavy atom. The highest BCUT2D eigenvalue weighted by atomic mass is 32.2. The summed E-state index contributed by atoms with van der Waals surface area (Å²) in [6.45, 7) is 2.51. The minimum absolute atomic E-state index is 0.00722. The average molecular weight is 638 g/mol. The van der Waals surface area contributed by atoms with Crippen LogP contribution in [0.25, 0.3) is 4.91 Å². The van der Waals surface area contributed by atoms with Crippen molar-refractivity contribution in [3.63, 3.8) is 0 Å². The number of ether oxygens (including phenoxy) is 1. The van der Waals surface area contributed by atoms with Crippen LogP contribution in [0.3, 0.4) is 0 Å². The van der Waals surface area contributed by atoms with E-state index in [1.165, 1.54) is 22.7 Å². The molecule has 45 heavy (non-hydrogen) atoms. The fourth-order valence-corrected chi connectivity index (χ4v) is 5.84. The smallest absolute Gasteiger partial charge is 0.410 e.